The highest BCUT2D eigenvalue weighted by atomic mass is 19.1. The first-order valence-electron chi connectivity index (χ1n) is 7.88. The fourth-order valence-electron chi connectivity index (χ4n) is 2.79. The Bertz CT molecular complexity index is 518. The number of hydrogen-bond donors (Lipinski definition) is 2. The first-order valence-corrected chi connectivity index (χ1v) is 7.88. The number of amides is 1. The Labute approximate surface area is 131 Å². The number of benzene rings is 1. The van der Waals surface area contributed by atoms with Gasteiger partial charge >= 0.3 is 0 Å². The van der Waals surface area contributed by atoms with Gasteiger partial charge in [-0.25, -0.2) is 4.39 Å². The van der Waals surface area contributed by atoms with Crippen LogP contribution in [-0.4, -0.2) is 36.0 Å². The molecule has 1 aliphatic heterocycles. The Morgan fingerprint density at radius 3 is 2.95 bits per heavy atom. The zero-order valence-electron chi connectivity index (χ0n) is 13.4. The number of nitrogens with two attached hydrogens (primary N) is 1. The molecule has 1 unspecified atom stereocenters. The fraction of sp³-hybridized carbons (Fsp3) is 0.588. The molecule has 3 N–H and O–H groups in total. The van der Waals surface area contributed by atoms with Gasteiger partial charge in [0, 0.05) is 25.2 Å². The lowest BCUT2D eigenvalue weighted by Gasteiger charge is -2.34. The number of likely N-dealkylation sites (tertiary alicyclic amines) is 1. The average Bonchev–Trinajstić information content (AvgIpc) is 2.47. The molecule has 0 bridgehead atoms. The minimum atomic E-state index is -0.373. The van der Waals surface area contributed by atoms with E-state index in [0.717, 1.165) is 24.9 Å². The normalized spacial score (nSPS) is 19.9. The van der Waals surface area contributed by atoms with Crippen molar-refractivity contribution in [1.29, 1.82) is 0 Å². The van der Waals surface area contributed by atoms with Crippen LogP contribution in [-0.2, 0) is 11.3 Å². The summed E-state index contributed by atoms with van der Waals surface area (Å²) in [5, 5.41) is 3.02. The van der Waals surface area contributed by atoms with E-state index in [0.29, 0.717) is 19.6 Å². The summed E-state index contributed by atoms with van der Waals surface area (Å²) in [6, 6.07) is 6.65. The summed E-state index contributed by atoms with van der Waals surface area (Å²) in [4.78, 5) is 14.6. The summed E-state index contributed by atoms with van der Waals surface area (Å²) in [5.74, 6) is -0.166. The van der Waals surface area contributed by atoms with Crippen molar-refractivity contribution in [3.8, 4) is 0 Å². The third-order valence-corrected chi connectivity index (χ3v) is 4.14. The summed E-state index contributed by atoms with van der Waals surface area (Å²) in [7, 11) is 0. The smallest absolute Gasteiger partial charge is 0.224 e. The molecule has 22 heavy (non-hydrogen) atoms. The molecule has 0 spiro atoms. The van der Waals surface area contributed by atoms with Crippen LogP contribution in [0.4, 0.5) is 4.39 Å². The number of hydrogen-bond acceptors (Lipinski definition) is 3. The maximum Gasteiger partial charge on any atom is 0.224 e. The monoisotopic (exact) mass is 307 g/mol. The van der Waals surface area contributed by atoms with Gasteiger partial charge in [0.25, 0.3) is 0 Å². The number of nitrogens with zero attached hydrogens (tertiary/aromatic N) is 1. The molecular formula is C17H26FN3O. The van der Waals surface area contributed by atoms with Gasteiger partial charge < -0.3 is 11.1 Å². The molecule has 1 aromatic carbocycles. The zero-order valence-corrected chi connectivity index (χ0v) is 13.4. The van der Waals surface area contributed by atoms with E-state index in [1.807, 2.05) is 19.9 Å². The number of rotatable bonds is 5. The van der Waals surface area contributed by atoms with E-state index in [1.165, 1.54) is 6.07 Å². The van der Waals surface area contributed by atoms with E-state index in [9.17, 15) is 9.18 Å². The molecule has 1 heterocycles. The van der Waals surface area contributed by atoms with Gasteiger partial charge in [-0.2, -0.15) is 0 Å². The fourth-order valence-corrected chi connectivity index (χ4v) is 2.79. The van der Waals surface area contributed by atoms with E-state index in [4.69, 9.17) is 5.73 Å². The van der Waals surface area contributed by atoms with Gasteiger partial charge in [0.15, 0.2) is 0 Å². The quantitative estimate of drug-likeness (QED) is 0.873. The predicted octanol–water partition coefficient (Wildman–Crippen LogP) is 1.89. The molecule has 2 rings (SSSR count). The first kappa shape index (κ1) is 16.9. The molecule has 4 nitrogen and oxygen atoms in total. The van der Waals surface area contributed by atoms with E-state index in [2.05, 4.69) is 10.2 Å². The van der Waals surface area contributed by atoms with Crippen molar-refractivity contribution in [2.45, 2.75) is 38.8 Å². The van der Waals surface area contributed by atoms with Crippen molar-refractivity contribution in [2.24, 2.45) is 11.7 Å². The second-order valence-electron chi connectivity index (χ2n) is 6.78. The SMILES string of the molecule is CC(C)(CN)NC(=O)C1CCCN(Cc2cccc(F)c2)C1. The Morgan fingerprint density at radius 1 is 1.50 bits per heavy atom. The minimum Gasteiger partial charge on any atom is -0.350 e. The summed E-state index contributed by atoms with van der Waals surface area (Å²) < 4.78 is 13.3. The molecule has 1 amide bonds. The van der Waals surface area contributed by atoms with E-state index >= 15 is 0 Å². The number of nitrogens with one attached hydrogen (secondary N) is 1. The van der Waals surface area contributed by atoms with Gasteiger partial charge in [-0.05, 0) is 50.9 Å². The number of carbonyl (C=O) groups excluding carboxylic acids is 1. The Balaban J connectivity index is 1.92. The first-order chi connectivity index (χ1) is 10.4. The van der Waals surface area contributed by atoms with Crippen LogP contribution in [0.3, 0.4) is 0 Å². The summed E-state index contributed by atoms with van der Waals surface area (Å²) in [6.07, 6.45) is 1.88. The molecule has 122 valence electrons. The maximum atomic E-state index is 13.3. The maximum absolute atomic E-state index is 13.3. The lowest BCUT2D eigenvalue weighted by atomic mass is 9.95. The van der Waals surface area contributed by atoms with Crippen LogP contribution < -0.4 is 11.1 Å². The largest absolute Gasteiger partial charge is 0.350 e. The van der Waals surface area contributed by atoms with Gasteiger partial charge in [0.2, 0.25) is 5.91 Å². The topological polar surface area (TPSA) is 58.4 Å². The molecular weight excluding hydrogens is 281 g/mol. The molecule has 0 aliphatic carbocycles. The lowest BCUT2D eigenvalue weighted by Crippen LogP contribution is -2.53. The molecule has 1 aliphatic rings. The number of halogens is 1. The van der Waals surface area contributed by atoms with Crippen LogP contribution in [0.25, 0.3) is 0 Å². The molecule has 0 saturated carbocycles. The molecule has 1 fully saturated rings. The molecule has 1 aromatic rings. The van der Waals surface area contributed by atoms with Crippen molar-refractivity contribution in [2.75, 3.05) is 19.6 Å². The highest BCUT2D eigenvalue weighted by Gasteiger charge is 2.29. The molecule has 1 saturated heterocycles. The van der Waals surface area contributed by atoms with Crippen molar-refractivity contribution >= 4 is 5.91 Å². The second kappa shape index (κ2) is 7.20. The van der Waals surface area contributed by atoms with Crippen LogP contribution in [0, 0.1) is 11.7 Å². The third kappa shape index (κ3) is 4.78. The van der Waals surface area contributed by atoms with Gasteiger partial charge in [-0.15, -0.1) is 0 Å². The zero-order chi connectivity index (χ0) is 16.2. The van der Waals surface area contributed by atoms with Gasteiger partial charge in [-0.1, -0.05) is 12.1 Å². The Morgan fingerprint density at radius 2 is 2.27 bits per heavy atom. The average molecular weight is 307 g/mol. The number of carbonyl (C=O) groups is 1. The predicted molar refractivity (Wildman–Crippen MR) is 85.7 cm³/mol. The van der Waals surface area contributed by atoms with Crippen LogP contribution in [0.5, 0.6) is 0 Å². The van der Waals surface area contributed by atoms with E-state index in [1.54, 1.807) is 12.1 Å². The van der Waals surface area contributed by atoms with E-state index < -0.39 is 0 Å². The van der Waals surface area contributed by atoms with Crippen LogP contribution >= 0.6 is 0 Å². The third-order valence-electron chi connectivity index (χ3n) is 4.14. The highest BCUT2D eigenvalue weighted by Crippen LogP contribution is 2.20. The standard InChI is InChI=1S/C17H26FN3O/c1-17(2,12-19)20-16(22)14-6-4-8-21(11-14)10-13-5-3-7-15(18)9-13/h3,5,7,9,14H,4,6,8,10-12,19H2,1-2H3,(H,20,22). The molecule has 0 aromatic heterocycles. The molecule has 5 heteroatoms. The minimum absolute atomic E-state index is 0.0202. The lowest BCUT2D eigenvalue weighted by molar-refractivity contribution is -0.128. The van der Waals surface area contributed by atoms with Crippen LogP contribution in [0.1, 0.15) is 32.3 Å². The van der Waals surface area contributed by atoms with E-state index in [-0.39, 0.29) is 23.2 Å². The molecule has 1 atom stereocenters. The van der Waals surface area contributed by atoms with Crippen LogP contribution in [0.15, 0.2) is 24.3 Å². The summed E-state index contributed by atoms with van der Waals surface area (Å²) >= 11 is 0. The molecule has 0 radical (unpaired) electrons. The Hall–Kier alpha value is -1.46. The van der Waals surface area contributed by atoms with Crippen LogP contribution in [0.2, 0.25) is 0 Å². The second-order valence-corrected chi connectivity index (χ2v) is 6.78. The van der Waals surface area contributed by atoms with Crippen molar-refractivity contribution in [1.82, 2.24) is 10.2 Å². The van der Waals surface area contributed by atoms with Crippen molar-refractivity contribution < 1.29 is 9.18 Å². The van der Waals surface area contributed by atoms with Crippen molar-refractivity contribution in [3.63, 3.8) is 0 Å². The van der Waals surface area contributed by atoms with Gasteiger partial charge in [0.05, 0.1) is 5.92 Å². The summed E-state index contributed by atoms with van der Waals surface area (Å²) in [6.45, 7) is 6.61. The number of piperidine rings is 1. The van der Waals surface area contributed by atoms with Crippen molar-refractivity contribution in [3.05, 3.63) is 35.6 Å². The highest BCUT2D eigenvalue weighted by molar-refractivity contribution is 5.79. The summed E-state index contributed by atoms with van der Waals surface area (Å²) in [5.41, 5.74) is 6.24. The van der Waals surface area contributed by atoms with Gasteiger partial charge in [-0.3, -0.25) is 9.69 Å². The van der Waals surface area contributed by atoms with Gasteiger partial charge in [0.1, 0.15) is 5.82 Å². The Kier molecular flexibility index (Phi) is 5.53.